The zero-order valence-electron chi connectivity index (χ0n) is 14.0. The number of carbonyl (C=O) groups excluding carboxylic acids is 1. The molecule has 1 heterocycles. The number of unbranched alkanes of at least 4 members (excludes halogenated alkanes) is 2. The number of rotatable bonds is 8. The zero-order valence-corrected chi connectivity index (χ0v) is 14.0. The molecule has 7 heteroatoms. The van der Waals surface area contributed by atoms with E-state index in [4.69, 9.17) is 9.84 Å². The number of benzene rings is 1. The number of amides is 1. The molecule has 0 spiro atoms. The van der Waals surface area contributed by atoms with Gasteiger partial charge < -0.3 is 15.2 Å². The molecule has 1 aromatic carbocycles. The van der Waals surface area contributed by atoms with Crippen molar-refractivity contribution in [2.24, 2.45) is 0 Å². The van der Waals surface area contributed by atoms with Crippen LogP contribution in [0.3, 0.4) is 0 Å². The Morgan fingerprint density at radius 3 is 2.52 bits per heavy atom. The van der Waals surface area contributed by atoms with E-state index in [0.717, 1.165) is 12.1 Å². The molecule has 0 aliphatic carbocycles. The topological polar surface area (TPSA) is 75.6 Å². The van der Waals surface area contributed by atoms with E-state index in [0.29, 0.717) is 51.9 Å². The molecule has 138 valence electrons. The van der Waals surface area contributed by atoms with E-state index >= 15 is 0 Å². The minimum atomic E-state index is -1.06. The Bertz CT molecular complexity index is 615. The molecular weight excluding hydrogens is 332 g/mol. The standard InChI is InChI=1S/C18H23F2NO4/c19-13-5-6-14(15(20)12-13)18(7-10-25-11-8-18)17(24)21-9-3-1-2-4-16(22)23/h5-6,12H,1-4,7-11H2,(H,21,24)(H,22,23). The molecule has 0 aromatic heterocycles. The molecule has 25 heavy (non-hydrogen) atoms. The van der Waals surface area contributed by atoms with Crippen molar-refractivity contribution in [2.75, 3.05) is 19.8 Å². The lowest BCUT2D eigenvalue weighted by molar-refractivity contribution is -0.137. The number of ether oxygens (including phenoxy) is 1. The van der Waals surface area contributed by atoms with E-state index in [1.807, 2.05) is 0 Å². The number of carboxylic acids is 1. The van der Waals surface area contributed by atoms with E-state index in [2.05, 4.69) is 5.32 Å². The van der Waals surface area contributed by atoms with Gasteiger partial charge >= 0.3 is 5.97 Å². The summed E-state index contributed by atoms with van der Waals surface area (Å²) in [6.45, 7) is 1.07. The van der Waals surface area contributed by atoms with Gasteiger partial charge in [0.1, 0.15) is 11.6 Å². The molecule has 0 bridgehead atoms. The molecule has 0 saturated carbocycles. The summed E-state index contributed by atoms with van der Waals surface area (Å²) < 4.78 is 32.8. The third-order valence-corrected chi connectivity index (χ3v) is 4.58. The molecule has 1 fully saturated rings. The Balaban J connectivity index is 2.01. The van der Waals surface area contributed by atoms with Crippen LogP contribution in [0.2, 0.25) is 0 Å². The molecule has 0 unspecified atom stereocenters. The van der Waals surface area contributed by atoms with Gasteiger partial charge in [-0.05, 0) is 31.7 Å². The summed E-state index contributed by atoms with van der Waals surface area (Å²) in [5.41, 5.74) is -0.863. The maximum atomic E-state index is 14.3. The fourth-order valence-electron chi connectivity index (χ4n) is 3.17. The first kappa shape index (κ1) is 19.3. The largest absolute Gasteiger partial charge is 0.481 e. The lowest BCUT2D eigenvalue weighted by Crippen LogP contribution is -2.48. The predicted octanol–water partition coefficient (Wildman–Crippen LogP) is 2.77. The minimum Gasteiger partial charge on any atom is -0.481 e. The highest BCUT2D eigenvalue weighted by atomic mass is 19.1. The first-order valence-electron chi connectivity index (χ1n) is 8.49. The number of carboxylic acid groups (broad SMARTS) is 1. The smallest absolute Gasteiger partial charge is 0.303 e. The first-order chi connectivity index (χ1) is 12.0. The SMILES string of the molecule is O=C(O)CCCCCNC(=O)C1(c2ccc(F)cc2F)CCOCC1. The fourth-order valence-corrected chi connectivity index (χ4v) is 3.17. The van der Waals surface area contributed by atoms with Crippen molar-refractivity contribution in [3.63, 3.8) is 0 Å². The molecule has 1 aromatic rings. The monoisotopic (exact) mass is 355 g/mol. The summed E-state index contributed by atoms with van der Waals surface area (Å²) in [7, 11) is 0. The van der Waals surface area contributed by atoms with Crippen LogP contribution in [0.4, 0.5) is 8.78 Å². The van der Waals surface area contributed by atoms with Gasteiger partial charge in [-0.3, -0.25) is 9.59 Å². The Labute approximate surface area is 145 Å². The van der Waals surface area contributed by atoms with Crippen molar-refractivity contribution in [3.8, 4) is 0 Å². The molecule has 2 N–H and O–H groups in total. The highest BCUT2D eigenvalue weighted by molar-refractivity contribution is 5.88. The van der Waals surface area contributed by atoms with Crippen LogP contribution in [0.15, 0.2) is 18.2 Å². The Kier molecular flexibility index (Phi) is 6.87. The lowest BCUT2D eigenvalue weighted by atomic mass is 9.73. The average molecular weight is 355 g/mol. The number of carbonyl (C=O) groups is 2. The van der Waals surface area contributed by atoms with Crippen molar-refractivity contribution in [3.05, 3.63) is 35.4 Å². The van der Waals surface area contributed by atoms with Gasteiger partial charge in [-0.15, -0.1) is 0 Å². The van der Waals surface area contributed by atoms with Gasteiger partial charge in [0, 0.05) is 37.8 Å². The van der Waals surface area contributed by atoms with Crippen molar-refractivity contribution < 1.29 is 28.2 Å². The van der Waals surface area contributed by atoms with Crippen molar-refractivity contribution in [1.82, 2.24) is 5.32 Å². The van der Waals surface area contributed by atoms with E-state index < -0.39 is 23.0 Å². The van der Waals surface area contributed by atoms with Crippen LogP contribution in [0.25, 0.3) is 0 Å². The molecule has 5 nitrogen and oxygen atoms in total. The van der Waals surface area contributed by atoms with Crippen LogP contribution >= 0.6 is 0 Å². The number of halogens is 2. The maximum absolute atomic E-state index is 14.3. The van der Waals surface area contributed by atoms with E-state index in [1.54, 1.807) is 0 Å². The van der Waals surface area contributed by atoms with Crippen LogP contribution in [0.1, 0.15) is 44.1 Å². The molecular formula is C18H23F2NO4. The highest BCUT2D eigenvalue weighted by Gasteiger charge is 2.43. The van der Waals surface area contributed by atoms with Crippen molar-refractivity contribution in [1.29, 1.82) is 0 Å². The van der Waals surface area contributed by atoms with E-state index in [1.165, 1.54) is 6.07 Å². The second-order valence-electron chi connectivity index (χ2n) is 6.28. The Hall–Kier alpha value is -2.02. The van der Waals surface area contributed by atoms with Gasteiger partial charge in [0.25, 0.3) is 0 Å². The molecule has 1 aliphatic heterocycles. The molecule has 0 atom stereocenters. The number of hydrogen-bond donors (Lipinski definition) is 2. The van der Waals surface area contributed by atoms with Gasteiger partial charge in [0.2, 0.25) is 5.91 Å². The van der Waals surface area contributed by atoms with E-state index in [9.17, 15) is 18.4 Å². The van der Waals surface area contributed by atoms with E-state index in [-0.39, 0.29) is 17.9 Å². The average Bonchev–Trinajstić information content (AvgIpc) is 2.58. The zero-order chi connectivity index (χ0) is 18.3. The third-order valence-electron chi connectivity index (χ3n) is 4.58. The molecule has 1 amide bonds. The molecule has 1 saturated heterocycles. The second-order valence-corrected chi connectivity index (χ2v) is 6.28. The summed E-state index contributed by atoms with van der Waals surface area (Å²) in [6.07, 6.45) is 2.67. The quantitative estimate of drug-likeness (QED) is 0.703. The summed E-state index contributed by atoms with van der Waals surface area (Å²) in [5.74, 6) is -2.53. The summed E-state index contributed by atoms with van der Waals surface area (Å²) in [5, 5.41) is 11.4. The molecule has 0 radical (unpaired) electrons. The van der Waals surface area contributed by atoms with Gasteiger partial charge in [0.05, 0.1) is 5.41 Å². The maximum Gasteiger partial charge on any atom is 0.303 e. The van der Waals surface area contributed by atoms with Crippen LogP contribution in [-0.2, 0) is 19.7 Å². The van der Waals surface area contributed by atoms with Gasteiger partial charge in [-0.1, -0.05) is 12.5 Å². The molecule has 2 rings (SSSR count). The highest BCUT2D eigenvalue weighted by Crippen LogP contribution is 2.36. The van der Waals surface area contributed by atoms with Gasteiger partial charge in [0.15, 0.2) is 0 Å². The van der Waals surface area contributed by atoms with Gasteiger partial charge in [-0.25, -0.2) is 8.78 Å². The fraction of sp³-hybridized carbons (Fsp3) is 0.556. The Morgan fingerprint density at radius 2 is 1.88 bits per heavy atom. The minimum absolute atomic E-state index is 0.107. The summed E-state index contributed by atoms with van der Waals surface area (Å²) >= 11 is 0. The molecule has 1 aliphatic rings. The first-order valence-corrected chi connectivity index (χ1v) is 8.49. The number of aliphatic carboxylic acids is 1. The van der Waals surface area contributed by atoms with Crippen LogP contribution < -0.4 is 5.32 Å². The normalized spacial score (nSPS) is 16.4. The van der Waals surface area contributed by atoms with Gasteiger partial charge in [-0.2, -0.15) is 0 Å². The third kappa shape index (κ3) is 4.98. The van der Waals surface area contributed by atoms with Crippen molar-refractivity contribution in [2.45, 2.75) is 43.9 Å². The predicted molar refractivity (Wildman–Crippen MR) is 87.2 cm³/mol. The lowest BCUT2D eigenvalue weighted by Gasteiger charge is -2.36. The van der Waals surface area contributed by atoms with Crippen molar-refractivity contribution >= 4 is 11.9 Å². The number of nitrogens with one attached hydrogen (secondary N) is 1. The second kappa shape index (κ2) is 8.89. The van der Waals surface area contributed by atoms with Crippen LogP contribution in [0.5, 0.6) is 0 Å². The Morgan fingerprint density at radius 1 is 1.16 bits per heavy atom. The van der Waals surface area contributed by atoms with Crippen LogP contribution in [0, 0.1) is 11.6 Å². The van der Waals surface area contributed by atoms with Crippen LogP contribution in [-0.4, -0.2) is 36.7 Å². The summed E-state index contributed by atoms with van der Waals surface area (Å²) in [6, 6.07) is 3.29. The number of hydrogen-bond acceptors (Lipinski definition) is 3. The summed E-state index contributed by atoms with van der Waals surface area (Å²) in [4.78, 5) is 23.2.